The molecule has 0 spiro atoms. The number of sulfone groups is 1. The van der Waals surface area contributed by atoms with E-state index in [0.717, 1.165) is 17.1 Å². The van der Waals surface area contributed by atoms with Crippen LogP contribution in [0.3, 0.4) is 0 Å². The van der Waals surface area contributed by atoms with Crippen molar-refractivity contribution in [1.29, 1.82) is 0 Å². The van der Waals surface area contributed by atoms with E-state index in [-0.39, 0.29) is 5.70 Å². The zero-order valence-corrected chi connectivity index (χ0v) is 15.1. The normalized spacial score (nSPS) is 34.8. The summed E-state index contributed by atoms with van der Waals surface area (Å²) in [4.78, 5) is -0.661. The van der Waals surface area contributed by atoms with E-state index in [1.807, 2.05) is 0 Å². The van der Waals surface area contributed by atoms with Gasteiger partial charge in [0.2, 0.25) is 6.43 Å². The van der Waals surface area contributed by atoms with E-state index in [1.54, 1.807) is 0 Å². The van der Waals surface area contributed by atoms with Gasteiger partial charge in [0, 0.05) is 30.3 Å². The summed E-state index contributed by atoms with van der Waals surface area (Å²) in [5.74, 6) is -7.92. The van der Waals surface area contributed by atoms with Crippen molar-refractivity contribution in [1.82, 2.24) is 4.90 Å². The molecule has 1 fully saturated rings. The average Bonchev–Trinajstić information content (AvgIpc) is 2.98. The number of rotatable bonds is 3. The van der Waals surface area contributed by atoms with E-state index in [9.17, 15) is 48.6 Å². The molecule has 29 heavy (non-hydrogen) atoms. The van der Waals surface area contributed by atoms with Crippen molar-refractivity contribution >= 4 is 9.84 Å². The smallest absolute Gasteiger partial charge is 0.386 e. The first-order chi connectivity index (χ1) is 13.2. The molecule has 4 nitrogen and oxygen atoms in total. The molecule has 0 bridgehead atoms. The molecule has 1 N–H and O–H groups in total. The van der Waals surface area contributed by atoms with Crippen LogP contribution in [0.5, 0.6) is 0 Å². The summed E-state index contributed by atoms with van der Waals surface area (Å²) in [5, 5.41) is 9.94. The summed E-state index contributed by atoms with van der Waals surface area (Å²) in [7, 11) is -6.09. The Morgan fingerprint density at radius 1 is 1.24 bits per heavy atom. The third-order valence-corrected chi connectivity index (χ3v) is 6.91. The number of halogens is 8. The summed E-state index contributed by atoms with van der Waals surface area (Å²) in [5.41, 5.74) is -6.08. The lowest BCUT2D eigenvalue weighted by Crippen LogP contribution is -2.52. The SMILES string of the molecule is O=S(=O)(C1=CN(C2=CC(C(F)F)C(F)C=C2)C2CCC(F)(F)[C@@H](O)C12)C(F)(F)F. The minimum absolute atomic E-state index is 0.260. The molecular weight excluding hydrogens is 438 g/mol. The predicted molar refractivity (Wildman–Crippen MR) is 84.0 cm³/mol. The molecule has 1 saturated carbocycles. The Morgan fingerprint density at radius 3 is 2.41 bits per heavy atom. The van der Waals surface area contributed by atoms with Gasteiger partial charge in [-0.15, -0.1) is 0 Å². The lowest BCUT2D eigenvalue weighted by molar-refractivity contribution is -0.156. The minimum atomic E-state index is -6.09. The second-order valence-electron chi connectivity index (χ2n) is 7.03. The number of nitrogens with zero attached hydrogens (tertiary/aromatic N) is 1. The van der Waals surface area contributed by atoms with E-state index < -0.39 is 75.6 Å². The third kappa shape index (κ3) is 3.56. The fraction of sp³-hybridized carbons (Fsp3) is 0.625. The summed E-state index contributed by atoms with van der Waals surface area (Å²) < 4.78 is 131. The van der Waals surface area contributed by atoms with Gasteiger partial charge in [-0.05, 0) is 24.6 Å². The third-order valence-electron chi connectivity index (χ3n) is 5.30. The Morgan fingerprint density at radius 2 is 1.86 bits per heavy atom. The quantitative estimate of drug-likeness (QED) is 0.665. The first-order valence-corrected chi connectivity index (χ1v) is 9.86. The zero-order chi connectivity index (χ0) is 21.9. The van der Waals surface area contributed by atoms with Crippen LogP contribution in [-0.2, 0) is 9.84 Å². The van der Waals surface area contributed by atoms with Crippen LogP contribution in [0.4, 0.5) is 35.1 Å². The number of hydrogen-bond donors (Lipinski definition) is 1. The van der Waals surface area contributed by atoms with Gasteiger partial charge < -0.3 is 10.0 Å². The highest BCUT2D eigenvalue weighted by atomic mass is 32.2. The monoisotopic (exact) mass is 453 g/mol. The highest BCUT2D eigenvalue weighted by molar-refractivity contribution is 7.96. The molecule has 0 saturated heterocycles. The molecule has 13 heteroatoms. The van der Waals surface area contributed by atoms with Crippen molar-refractivity contribution in [3.05, 3.63) is 35.0 Å². The molecule has 4 unspecified atom stereocenters. The van der Waals surface area contributed by atoms with Crippen molar-refractivity contribution in [2.24, 2.45) is 11.8 Å². The maximum atomic E-state index is 13.9. The second-order valence-corrected chi connectivity index (χ2v) is 8.97. The Balaban J connectivity index is 2.10. The average molecular weight is 453 g/mol. The summed E-state index contributed by atoms with van der Waals surface area (Å²) in [6.07, 6.45) is -6.65. The first-order valence-electron chi connectivity index (χ1n) is 8.38. The topological polar surface area (TPSA) is 57.6 Å². The van der Waals surface area contributed by atoms with Crippen LogP contribution < -0.4 is 0 Å². The number of hydrogen-bond acceptors (Lipinski definition) is 4. The van der Waals surface area contributed by atoms with Gasteiger partial charge in [0.25, 0.3) is 15.8 Å². The number of aliphatic hydroxyl groups excluding tert-OH is 1. The van der Waals surface area contributed by atoms with Gasteiger partial charge in [-0.25, -0.2) is 30.4 Å². The lowest BCUT2D eigenvalue weighted by atomic mass is 9.80. The maximum Gasteiger partial charge on any atom is 0.501 e. The molecule has 3 rings (SSSR count). The maximum absolute atomic E-state index is 13.9. The minimum Gasteiger partial charge on any atom is -0.386 e. The molecule has 0 radical (unpaired) electrons. The predicted octanol–water partition coefficient (Wildman–Crippen LogP) is 3.53. The lowest BCUT2D eigenvalue weighted by Gasteiger charge is -2.41. The molecule has 1 aliphatic heterocycles. The van der Waals surface area contributed by atoms with Crippen LogP contribution in [-0.4, -0.2) is 54.6 Å². The molecule has 1 heterocycles. The van der Waals surface area contributed by atoms with Crippen LogP contribution in [0.2, 0.25) is 0 Å². The molecule has 3 aliphatic rings. The molecule has 5 atom stereocenters. The number of aliphatic hydroxyl groups is 1. The Bertz CT molecular complexity index is 864. The summed E-state index contributed by atoms with van der Waals surface area (Å²) in [6, 6.07) is -1.36. The van der Waals surface area contributed by atoms with Gasteiger partial charge in [0.15, 0.2) is 0 Å². The van der Waals surface area contributed by atoms with Crippen LogP contribution in [0, 0.1) is 11.8 Å². The van der Waals surface area contributed by atoms with Gasteiger partial charge in [-0.3, -0.25) is 0 Å². The Kier molecular flexibility index (Phi) is 5.30. The first kappa shape index (κ1) is 22.1. The standard InChI is InChI=1S/C16H15F8NO3S/c17-9-2-1-7(5-8(9)14(18)19)25-6-11(29(27,28)16(22,23)24)12-10(25)3-4-15(20,21)13(12)26/h1-2,5-6,8-10,12-14,26H,3-4H2/t8?,9?,10?,12?,13-/m0/s1. The van der Waals surface area contributed by atoms with E-state index in [2.05, 4.69) is 0 Å². The Labute approximate surface area is 160 Å². The van der Waals surface area contributed by atoms with Gasteiger partial charge in [0.05, 0.1) is 10.8 Å². The van der Waals surface area contributed by atoms with Gasteiger partial charge in [0.1, 0.15) is 12.3 Å². The summed E-state index contributed by atoms with van der Waals surface area (Å²) in [6.45, 7) is 0. The van der Waals surface area contributed by atoms with E-state index >= 15 is 0 Å². The van der Waals surface area contributed by atoms with E-state index in [0.29, 0.717) is 12.3 Å². The van der Waals surface area contributed by atoms with Gasteiger partial charge in [-0.2, -0.15) is 13.2 Å². The molecule has 0 aromatic carbocycles. The molecule has 164 valence electrons. The Hall–Kier alpha value is -1.63. The summed E-state index contributed by atoms with van der Waals surface area (Å²) >= 11 is 0. The van der Waals surface area contributed by atoms with Crippen molar-refractivity contribution in [3.8, 4) is 0 Å². The van der Waals surface area contributed by atoms with Gasteiger partial charge in [-0.1, -0.05) is 0 Å². The fourth-order valence-corrected chi connectivity index (χ4v) is 4.98. The molecule has 0 amide bonds. The largest absolute Gasteiger partial charge is 0.501 e. The van der Waals surface area contributed by atoms with E-state index in [1.165, 1.54) is 0 Å². The highest BCUT2D eigenvalue weighted by Gasteiger charge is 2.61. The van der Waals surface area contributed by atoms with Crippen molar-refractivity contribution in [3.63, 3.8) is 0 Å². The van der Waals surface area contributed by atoms with Crippen LogP contribution in [0.15, 0.2) is 35.0 Å². The number of alkyl halides is 8. The zero-order valence-electron chi connectivity index (χ0n) is 14.3. The van der Waals surface area contributed by atoms with Crippen LogP contribution >= 0.6 is 0 Å². The molecule has 0 aromatic heterocycles. The highest BCUT2D eigenvalue weighted by Crippen LogP contribution is 2.50. The second kappa shape index (κ2) is 6.96. The molecular formula is C16H15F8NO3S. The van der Waals surface area contributed by atoms with Crippen molar-refractivity contribution in [2.75, 3.05) is 0 Å². The molecule has 0 aromatic rings. The van der Waals surface area contributed by atoms with Crippen LogP contribution in [0.25, 0.3) is 0 Å². The van der Waals surface area contributed by atoms with Crippen molar-refractivity contribution in [2.45, 2.75) is 49.0 Å². The van der Waals surface area contributed by atoms with Crippen molar-refractivity contribution < 1.29 is 48.6 Å². The van der Waals surface area contributed by atoms with E-state index in [4.69, 9.17) is 0 Å². The molecule has 2 aliphatic carbocycles. The number of fused-ring (bicyclic) bond motifs is 1. The van der Waals surface area contributed by atoms with Crippen LogP contribution in [0.1, 0.15) is 12.8 Å². The number of allylic oxidation sites excluding steroid dienone is 3. The fourth-order valence-electron chi connectivity index (χ4n) is 3.81. The van der Waals surface area contributed by atoms with Gasteiger partial charge >= 0.3 is 5.51 Å².